The number of halogens is 4. The first-order valence-electron chi connectivity index (χ1n) is 10.1. The molecule has 1 fully saturated rings. The Labute approximate surface area is 190 Å². The molecule has 0 bridgehead atoms. The van der Waals surface area contributed by atoms with E-state index in [-0.39, 0.29) is 35.4 Å². The number of alkyl halides is 3. The monoisotopic (exact) mass is 481 g/mol. The molecule has 11 heteroatoms. The number of methoxy groups -OCH3 is 2. The minimum atomic E-state index is -4.84. The standard InChI is InChI=1S/C23H19F4NO6/c1-31-20-15(23(25,26)27)10-18-19(21(20)32-2)16(29)11-17(34-18)13-4-3-12(24)9-14(13)22(30)28-5-7-33-8-6-28/h3-4,9-11H,5-8H2,1-2H3. The summed E-state index contributed by atoms with van der Waals surface area (Å²) in [6.07, 6.45) is -4.84. The van der Waals surface area contributed by atoms with Gasteiger partial charge in [0.1, 0.15) is 28.1 Å². The Morgan fingerprint density at radius 2 is 1.71 bits per heavy atom. The highest BCUT2D eigenvalue weighted by atomic mass is 19.4. The molecule has 1 aliphatic heterocycles. The van der Waals surface area contributed by atoms with Crippen LogP contribution in [0.25, 0.3) is 22.3 Å². The molecule has 4 rings (SSSR count). The van der Waals surface area contributed by atoms with Crippen LogP contribution in [-0.2, 0) is 10.9 Å². The van der Waals surface area contributed by atoms with Crippen molar-refractivity contribution in [2.75, 3.05) is 40.5 Å². The normalized spacial score (nSPS) is 14.4. The molecule has 0 spiro atoms. The molecule has 0 radical (unpaired) electrons. The maximum atomic E-state index is 14.0. The molecule has 0 saturated carbocycles. The van der Waals surface area contributed by atoms with E-state index in [1.165, 1.54) is 11.0 Å². The molecule has 0 aliphatic carbocycles. The first-order valence-corrected chi connectivity index (χ1v) is 10.1. The zero-order valence-corrected chi connectivity index (χ0v) is 18.1. The van der Waals surface area contributed by atoms with E-state index in [1.807, 2.05) is 0 Å². The summed E-state index contributed by atoms with van der Waals surface area (Å²) in [5.41, 5.74) is -2.40. The number of hydrogen-bond acceptors (Lipinski definition) is 6. The molecule has 2 heterocycles. The van der Waals surface area contributed by atoms with Crippen LogP contribution in [0.15, 0.2) is 39.5 Å². The van der Waals surface area contributed by atoms with Gasteiger partial charge in [-0.05, 0) is 24.3 Å². The Morgan fingerprint density at radius 3 is 2.32 bits per heavy atom. The third-order valence-corrected chi connectivity index (χ3v) is 5.42. The van der Waals surface area contributed by atoms with E-state index >= 15 is 0 Å². The summed E-state index contributed by atoms with van der Waals surface area (Å²) in [4.78, 5) is 27.5. The molecule has 180 valence electrons. The van der Waals surface area contributed by atoms with Gasteiger partial charge in [-0.2, -0.15) is 13.2 Å². The van der Waals surface area contributed by atoms with Gasteiger partial charge in [0.15, 0.2) is 16.9 Å². The second-order valence-corrected chi connectivity index (χ2v) is 7.43. The number of nitrogens with zero attached hydrogens (tertiary/aromatic N) is 1. The van der Waals surface area contributed by atoms with Gasteiger partial charge >= 0.3 is 6.18 Å². The fourth-order valence-electron chi connectivity index (χ4n) is 3.86. The Kier molecular flexibility index (Phi) is 6.22. The average molecular weight is 481 g/mol. The molecule has 0 atom stereocenters. The Morgan fingerprint density at radius 1 is 1.03 bits per heavy atom. The van der Waals surface area contributed by atoms with Crippen molar-refractivity contribution in [2.24, 2.45) is 0 Å². The van der Waals surface area contributed by atoms with E-state index in [2.05, 4.69) is 0 Å². The number of carbonyl (C=O) groups is 1. The average Bonchev–Trinajstić information content (AvgIpc) is 2.82. The number of morpholine rings is 1. The van der Waals surface area contributed by atoms with Crippen LogP contribution in [0.2, 0.25) is 0 Å². The molecule has 2 aromatic carbocycles. The SMILES string of the molecule is COc1c(C(F)(F)F)cc2oc(-c3ccc(F)cc3C(=O)N3CCOCC3)cc(=O)c2c1OC. The molecule has 0 N–H and O–H groups in total. The molecule has 1 aromatic heterocycles. The van der Waals surface area contributed by atoms with Crippen molar-refractivity contribution in [3.05, 3.63) is 57.5 Å². The topological polar surface area (TPSA) is 78.2 Å². The van der Waals surface area contributed by atoms with Crippen molar-refractivity contribution in [3.63, 3.8) is 0 Å². The predicted octanol–water partition coefficient (Wildman–Crippen LogP) is 4.11. The minimum absolute atomic E-state index is 0.0558. The Bertz CT molecular complexity index is 1310. The van der Waals surface area contributed by atoms with Crippen molar-refractivity contribution in [2.45, 2.75) is 6.18 Å². The third kappa shape index (κ3) is 4.18. The second-order valence-electron chi connectivity index (χ2n) is 7.43. The first kappa shape index (κ1) is 23.6. The lowest BCUT2D eigenvalue weighted by atomic mass is 10.0. The summed E-state index contributed by atoms with van der Waals surface area (Å²) in [6.45, 7) is 1.18. The number of carbonyl (C=O) groups excluding carboxylic acids is 1. The maximum Gasteiger partial charge on any atom is 0.420 e. The van der Waals surface area contributed by atoms with Gasteiger partial charge in [-0.25, -0.2) is 4.39 Å². The lowest BCUT2D eigenvalue weighted by Crippen LogP contribution is -2.40. The molecule has 1 saturated heterocycles. The minimum Gasteiger partial charge on any atom is -0.492 e. The molecule has 34 heavy (non-hydrogen) atoms. The summed E-state index contributed by atoms with van der Waals surface area (Å²) < 4.78 is 75.9. The lowest BCUT2D eigenvalue weighted by Gasteiger charge is -2.27. The van der Waals surface area contributed by atoms with Gasteiger partial charge in [0.25, 0.3) is 5.91 Å². The number of amides is 1. The second kappa shape index (κ2) is 8.98. The zero-order valence-electron chi connectivity index (χ0n) is 18.1. The lowest BCUT2D eigenvalue weighted by molar-refractivity contribution is -0.138. The summed E-state index contributed by atoms with van der Waals surface area (Å²) in [5, 5.41) is -0.265. The van der Waals surface area contributed by atoms with E-state index in [4.69, 9.17) is 18.6 Å². The van der Waals surface area contributed by atoms with E-state index in [9.17, 15) is 27.2 Å². The van der Waals surface area contributed by atoms with Crippen molar-refractivity contribution < 1.29 is 41.0 Å². The smallest absolute Gasteiger partial charge is 0.420 e. The van der Waals surface area contributed by atoms with Gasteiger partial charge in [-0.15, -0.1) is 0 Å². The summed E-state index contributed by atoms with van der Waals surface area (Å²) in [7, 11) is 2.13. The fourth-order valence-corrected chi connectivity index (χ4v) is 3.86. The molecule has 3 aromatic rings. The molecule has 1 aliphatic rings. The zero-order chi connectivity index (χ0) is 24.6. The fraction of sp³-hybridized carbons (Fsp3) is 0.304. The highest BCUT2D eigenvalue weighted by molar-refractivity contribution is 6.01. The van der Waals surface area contributed by atoms with Gasteiger partial charge in [-0.1, -0.05) is 0 Å². The summed E-state index contributed by atoms with van der Waals surface area (Å²) in [6, 6.07) is 4.94. The molecule has 1 amide bonds. The first-order chi connectivity index (χ1) is 16.2. The predicted molar refractivity (Wildman–Crippen MR) is 113 cm³/mol. The van der Waals surface area contributed by atoms with Crippen LogP contribution in [0, 0.1) is 5.82 Å². The van der Waals surface area contributed by atoms with Crippen molar-refractivity contribution in [3.8, 4) is 22.8 Å². The van der Waals surface area contributed by atoms with Crippen LogP contribution in [0.4, 0.5) is 17.6 Å². The molecule has 0 unspecified atom stereocenters. The van der Waals surface area contributed by atoms with Crippen LogP contribution < -0.4 is 14.9 Å². The van der Waals surface area contributed by atoms with E-state index in [1.54, 1.807) is 0 Å². The molecular formula is C23H19F4NO6. The Balaban J connectivity index is 1.95. The third-order valence-electron chi connectivity index (χ3n) is 5.42. The van der Waals surface area contributed by atoms with Crippen molar-refractivity contribution in [1.29, 1.82) is 0 Å². The van der Waals surface area contributed by atoms with Crippen LogP contribution in [0.1, 0.15) is 15.9 Å². The van der Waals surface area contributed by atoms with E-state index < -0.39 is 46.0 Å². The van der Waals surface area contributed by atoms with Gasteiger partial charge < -0.3 is 23.5 Å². The summed E-state index contributed by atoms with van der Waals surface area (Å²) >= 11 is 0. The summed E-state index contributed by atoms with van der Waals surface area (Å²) in [5.74, 6) is -2.52. The van der Waals surface area contributed by atoms with Crippen LogP contribution >= 0.6 is 0 Å². The van der Waals surface area contributed by atoms with Gasteiger partial charge in [0.2, 0.25) is 0 Å². The number of hydrogen-bond donors (Lipinski definition) is 0. The quantitative estimate of drug-likeness (QED) is 0.522. The maximum absolute atomic E-state index is 14.0. The molecular weight excluding hydrogens is 462 g/mol. The van der Waals surface area contributed by atoms with Crippen LogP contribution in [-0.4, -0.2) is 51.3 Å². The van der Waals surface area contributed by atoms with Gasteiger partial charge in [-0.3, -0.25) is 9.59 Å². The molecule has 7 nitrogen and oxygen atoms in total. The highest BCUT2D eigenvalue weighted by Crippen LogP contribution is 2.45. The highest BCUT2D eigenvalue weighted by Gasteiger charge is 2.38. The van der Waals surface area contributed by atoms with Crippen molar-refractivity contribution >= 4 is 16.9 Å². The van der Waals surface area contributed by atoms with Gasteiger partial charge in [0.05, 0.1) is 33.0 Å². The van der Waals surface area contributed by atoms with E-state index in [0.29, 0.717) is 19.3 Å². The number of rotatable bonds is 4. The number of fused-ring (bicyclic) bond motifs is 1. The van der Waals surface area contributed by atoms with Crippen LogP contribution in [0.3, 0.4) is 0 Å². The number of benzene rings is 2. The Hall–Kier alpha value is -3.60. The van der Waals surface area contributed by atoms with Crippen molar-refractivity contribution in [1.82, 2.24) is 4.90 Å². The number of ether oxygens (including phenoxy) is 3. The van der Waals surface area contributed by atoms with Gasteiger partial charge in [0, 0.05) is 24.7 Å². The van der Waals surface area contributed by atoms with E-state index in [0.717, 1.165) is 32.4 Å². The van der Waals surface area contributed by atoms with Crippen LogP contribution in [0.5, 0.6) is 11.5 Å². The largest absolute Gasteiger partial charge is 0.492 e.